The van der Waals surface area contributed by atoms with Crippen LogP contribution < -0.4 is 15.4 Å². The van der Waals surface area contributed by atoms with Crippen LogP contribution >= 0.6 is 0 Å². The molecule has 0 aliphatic heterocycles. The van der Waals surface area contributed by atoms with Gasteiger partial charge < -0.3 is 20.1 Å². The number of aliphatic imine (C=N–C) groups is 1. The summed E-state index contributed by atoms with van der Waals surface area (Å²) in [6.07, 6.45) is 8.21. The molecule has 7 nitrogen and oxygen atoms in total. The largest absolute Gasteiger partial charge is 0.497 e. The van der Waals surface area contributed by atoms with Crippen molar-refractivity contribution in [2.75, 3.05) is 33.9 Å². The molecule has 1 aromatic carbocycles. The minimum atomic E-state index is 0.322. The van der Waals surface area contributed by atoms with E-state index in [0.717, 1.165) is 49.3 Å². The molecule has 7 heteroatoms. The van der Waals surface area contributed by atoms with Crippen LogP contribution in [0, 0.1) is 5.41 Å². The van der Waals surface area contributed by atoms with Gasteiger partial charge in [-0.25, -0.2) is 4.68 Å². The Morgan fingerprint density at radius 3 is 2.60 bits per heavy atom. The summed E-state index contributed by atoms with van der Waals surface area (Å²) in [7, 11) is 3.48. The van der Waals surface area contributed by atoms with Gasteiger partial charge in [0.1, 0.15) is 5.75 Å². The predicted octanol–water partition coefficient (Wildman–Crippen LogP) is 3.53. The van der Waals surface area contributed by atoms with Crippen LogP contribution in [0.15, 0.2) is 41.5 Å². The zero-order chi connectivity index (χ0) is 21.2. The minimum Gasteiger partial charge on any atom is -0.497 e. The van der Waals surface area contributed by atoms with Gasteiger partial charge in [-0.1, -0.05) is 12.8 Å². The van der Waals surface area contributed by atoms with E-state index in [4.69, 9.17) is 9.47 Å². The Morgan fingerprint density at radius 1 is 1.17 bits per heavy atom. The highest BCUT2D eigenvalue weighted by molar-refractivity contribution is 5.79. The molecule has 1 aromatic heterocycles. The van der Waals surface area contributed by atoms with Gasteiger partial charge in [0.05, 0.1) is 25.0 Å². The third-order valence-corrected chi connectivity index (χ3v) is 5.92. The van der Waals surface area contributed by atoms with Crippen molar-refractivity contribution in [2.24, 2.45) is 10.4 Å². The van der Waals surface area contributed by atoms with E-state index in [0.29, 0.717) is 12.0 Å². The van der Waals surface area contributed by atoms with E-state index in [-0.39, 0.29) is 0 Å². The minimum absolute atomic E-state index is 0.322. The molecule has 3 rings (SSSR count). The predicted molar refractivity (Wildman–Crippen MR) is 120 cm³/mol. The third kappa shape index (κ3) is 5.98. The molecule has 2 N–H and O–H groups in total. The first-order valence-electron chi connectivity index (χ1n) is 10.9. The van der Waals surface area contributed by atoms with Crippen LogP contribution in [-0.4, -0.2) is 49.7 Å². The molecule has 1 aliphatic rings. The second-order valence-corrected chi connectivity index (χ2v) is 7.88. The summed E-state index contributed by atoms with van der Waals surface area (Å²) in [5.74, 6) is 1.65. The number of hydrogen-bond acceptors (Lipinski definition) is 4. The highest BCUT2D eigenvalue weighted by atomic mass is 16.5. The molecule has 1 fully saturated rings. The number of benzene rings is 1. The Balaban J connectivity index is 1.51. The second kappa shape index (κ2) is 11.0. The summed E-state index contributed by atoms with van der Waals surface area (Å²) >= 11 is 0. The molecule has 30 heavy (non-hydrogen) atoms. The fourth-order valence-electron chi connectivity index (χ4n) is 4.07. The molecule has 1 saturated carbocycles. The van der Waals surface area contributed by atoms with Gasteiger partial charge in [-0.05, 0) is 61.9 Å². The van der Waals surface area contributed by atoms with E-state index in [1.165, 1.54) is 25.7 Å². The van der Waals surface area contributed by atoms with Crippen molar-refractivity contribution in [3.63, 3.8) is 0 Å². The average Bonchev–Trinajstić information content (AvgIpc) is 3.44. The van der Waals surface area contributed by atoms with Crippen LogP contribution in [0.3, 0.4) is 0 Å². The molecule has 0 atom stereocenters. The fraction of sp³-hybridized carbons (Fsp3) is 0.565. The Hall–Kier alpha value is -2.54. The molecule has 0 spiro atoms. The number of nitrogens with zero attached hydrogens (tertiary/aromatic N) is 3. The molecule has 1 aliphatic carbocycles. The number of rotatable bonds is 10. The first-order valence-corrected chi connectivity index (χ1v) is 10.9. The van der Waals surface area contributed by atoms with Crippen LogP contribution in [0.25, 0.3) is 5.69 Å². The monoisotopic (exact) mass is 413 g/mol. The van der Waals surface area contributed by atoms with Crippen molar-refractivity contribution >= 4 is 5.96 Å². The van der Waals surface area contributed by atoms with E-state index in [1.807, 2.05) is 48.3 Å². The van der Waals surface area contributed by atoms with Crippen LogP contribution in [0.5, 0.6) is 5.75 Å². The molecular formula is C23H35N5O2. The van der Waals surface area contributed by atoms with Crippen molar-refractivity contribution in [1.29, 1.82) is 0 Å². The van der Waals surface area contributed by atoms with Gasteiger partial charge in [0.15, 0.2) is 5.96 Å². The Kier molecular flexibility index (Phi) is 8.13. The summed E-state index contributed by atoms with van der Waals surface area (Å²) in [6, 6.07) is 9.88. The standard InChI is InChI=1S/C23H35N5O2/c1-4-30-16-14-23(12-5-6-13-23)18-26-22(24-2)25-17-19-11-15-28(27-19)20-7-9-21(29-3)10-8-20/h7-11,15H,4-6,12-14,16-18H2,1-3H3,(H2,24,25,26). The van der Waals surface area contributed by atoms with Gasteiger partial charge in [-0.3, -0.25) is 4.99 Å². The molecule has 0 saturated heterocycles. The fourth-order valence-corrected chi connectivity index (χ4v) is 4.07. The third-order valence-electron chi connectivity index (χ3n) is 5.92. The number of hydrogen-bond donors (Lipinski definition) is 2. The molecule has 0 unspecified atom stereocenters. The van der Waals surface area contributed by atoms with Crippen LogP contribution in [0.2, 0.25) is 0 Å². The number of ether oxygens (including phenoxy) is 2. The highest BCUT2D eigenvalue weighted by Crippen LogP contribution is 2.40. The topological polar surface area (TPSA) is 72.7 Å². The van der Waals surface area contributed by atoms with E-state index >= 15 is 0 Å². The maximum absolute atomic E-state index is 5.62. The lowest BCUT2D eigenvalue weighted by atomic mass is 9.83. The molecule has 2 aromatic rings. The van der Waals surface area contributed by atoms with Gasteiger partial charge in [-0.15, -0.1) is 0 Å². The lowest BCUT2D eigenvalue weighted by molar-refractivity contribution is 0.105. The Labute approximate surface area is 179 Å². The van der Waals surface area contributed by atoms with Crippen LogP contribution in [-0.2, 0) is 11.3 Å². The highest BCUT2D eigenvalue weighted by Gasteiger charge is 2.33. The van der Waals surface area contributed by atoms with E-state index < -0.39 is 0 Å². The molecular weight excluding hydrogens is 378 g/mol. The summed E-state index contributed by atoms with van der Waals surface area (Å²) < 4.78 is 12.7. The lowest BCUT2D eigenvalue weighted by Gasteiger charge is -2.30. The van der Waals surface area contributed by atoms with Crippen LogP contribution in [0.1, 0.15) is 44.7 Å². The van der Waals surface area contributed by atoms with Crippen molar-refractivity contribution in [1.82, 2.24) is 20.4 Å². The maximum atomic E-state index is 5.62. The molecule has 164 valence electrons. The molecule has 0 bridgehead atoms. The number of guanidine groups is 1. The summed E-state index contributed by atoms with van der Waals surface area (Å²) in [6.45, 7) is 5.24. The quantitative estimate of drug-likeness (QED) is 0.354. The van der Waals surface area contributed by atoms with Crippen molar-refractivity contribution in [3.05, 3.63) is 42.2 Å². The summed E-state index contributed by atoms with van der Waals surface area (Å²) in [5, 5.41) is 11.6. The maximum Gasteiger partial charge on any atom is 0.191 e. The van der Waals surface area contributed by atoms with Gasteiger partial charge in [0, 0.05) is 33.0 Å². The smallest absolute Gasteiger partial charge is 0.191 e. The summed E-state index contributed by atoms with van der Waals surface area (Å²) in [4.78, 5) is 4.39. The van der Waals surface area contributed by atoms with Gasteiger partial charge in [0.2, 0.25) is 0 Å². The average molecular weight is 414 g/mol. The normalized spacial score (nSPS) is 15.9. The zero-order valence-corrected chi connectivity index (χ0v) is 18.5. The van der Waals surface area contributed by atoms with Crippen molar-refractivity contribution in [3.8, 4) is 11.4 Å². The van der Waals surface area contributed by atoms with Gasteiger partial charge >= 0.3 is 0 Å². The number of aromatic nitrogens is 2. The Morgan fingerprint density at radius 2 is 1.93 bits per heavy atom. The van der Waals surface area contributed by atoms with E-state index in [1.54, 1.807) is 7.11 Å². The van der Waals surface area contributed by atoms with Crippen molar-refractivity contribution in [2.45, 2.75) is 45.6 Å². The lowest BCUT2D eigenvalue weighted by Crippen LogP contribution is -2.43. The van der Waals surface area contributed by atoms with E-state index in [9.17, 15) is 0 Å². The number of nitrogens with one attached hydrogen (secondary N) is 2. The van der Waals surface area contributed by atoms with Crippen LogP contribution in [0.4, 0.5) is 0 Å². The van der Waals surface area contributed by atoms with Crippen molar-refractivity contribution < 1.29 is 9.47 Å². The second-order valence-electron chi connectivity index (χ2n) is 7.88. The van der Waals surface area contributed by atoms with E-state index in [2.05, 4.69) is 27.6 Å². The summed E-state index contributed by atoms with van der Waals surface area (Å²) in [5.41, 5.74) is 2.28. The number of methoxy groups -OCH3 is 1. The first-order chi connectivity index (χ1) is 14.7. The first kappa shape index (κ1) is 22.2. The van der Waals surface area contributed by atoms with Gasteiger partial charge in [-0.2, -0.15) is 5.10 Å². The van der Waals surface area contributed by atoms with Gasteiger partial charge in [0.25, 0.3) is 0 Å². The molecule has 0 radical (unpaired) electrons. The molecule has 0 amide bonds. The zero-order valence-electron chi connectivity index (χ0n) is 18.5. The SMILES string of the molecule is CCOCCC1(CNC(=NC)NCc2ccn(-c3ccc(OC)cc3)n2)CCCC1. The molecule has 1 heterocycles. The Bertz CT molecular complexity index is 794.